The number of benzene rings is 2. The fourth-order valence-electron chi connectivity index (χ4n) is 2.45. The number of nitrogen functional groups attached to an aromatic ring is 1. The lowest BCUT2D eigenvalue weighted by Gasteiger charge is -2.26. The van der Waals surface area contributed by atoms with Gasteiger partial charge in [0.1, 0.15) is 0 Å². The molecule has 2 aromatic rings. The molecule has 0 unspecified atom stereocenters. The Hall–Kier alpha value is -2.33. The van der Waals surface area contributed by atoms with Crippen LogP contribution in [0.4, 0.5) is 5.69 Å². The van der Waals surface area contributed by atoms with Crippen molar-refractivity contribution in [1.82, 2.24) is 5.43 Å². The molecule has 0 aliphatic rings. The third-order valence-corrected chi connectivity index (χ3v) is 3.59. The van der Waals surface area contributed by atoms with Crippen LogP contribution in [0.5, 0.6) is 0 Å². The van der Waals surface area contributed by atoms with Crippen LogP contribution < -0.4 is 16.2 Å². The summed E-state index contributed by atoms with van der Waals surface area (Å²) < 4.78 is 0. The highest BCUT2D eigenvalue weighted by atomic mass is 16.2. The van der Waals surface area contributed by atoms with Gasteiger partial charge in [-0.25, -0.2) is 5.84 Å². The van der Waals surface area contributed by atoms with Crippen LogP contribution in [0.1, 0.15) is 28.4 Å². The molecule has 1 amide bonds. The summed E-state index contributed by atoms with van der Waals surface area (Å²) in [5, 5.41) is 0. The van der Waals surface area contributed by atoms with E-state index in [1.54, 1.807) is 6.07 Å². The third-order valence-electron chi connectivity index (χ3n) is 3.59. The molecule has 0 saturated heterocycles. The molecule has 2 aromatic carbocycles. The van der Waals surface area contributed by atoms with Crippen LogP contribution in [0.2, 0.25) is 0 Å². The molecule has 0 aliphatic carbocycles. The lowest BCUT2D eigenvalue weighted by Crippen LogP contribution is -2.32. The molecule has 0 radical (unpaired) electrons. The van der Waals surface area contributed by atoms with Gasteiger partial charge >= 0.3 is 0 Å². The Morgan fingerprint density at radius 3 is 2.48 bits per heavy atom. The van der Waals surface area contributed by atoms with Gasteiger partial charge in [0.15, 0.2) is 0 Å². The monoisotopic (exact) mass is 283 g/mol. The van der Waals surface area contributed by atoms with E-state index in [2.05, 4.69) is 36.3 Å². The molecule has 110 valence electrons. The van der Waals surface area contributed by atoms with Gasteiger partial charge in [0.05, 0.1) is 0 Å². The summed E-state index contributed by atoms with van der Waals surface area (Å²) in [4.78, 5) is 14.1. The quantitative estimate of drug-likeness (QED) is 0.504. The van der Waals surface area contributed by atoms with Crippen molar-refractivity contribution in [2.45, 2.75) is 20.4 Å². The zero-order chi connectivity index (χ0) is 15.2. The van der Waals surface area contributed by atoms with Gasteiger partial charge in [0, 0.05) is 24.3 Å². The molecule has 0 aromatic heterocycles. The van der Waals surface area contributed by atoms with Crippen LogP contribution >= 0.6 is 0 Å². The minimum atomic E-state index is -0.258. The highest BCUT2D eigenvalue weighted by Crippen LogP contribution is 2.22. The van der Waals surface area contributed by atoms with Crippen molar-refractivity contribution in [3.63, 3.8) is 0 Å². The number of nitrogens with zero attached hydrogens (tertiary/aromatic N) is 1. The summed E-state index contributed by atoms with van der Waals surface area (Å²) in [6, 6.07) is 15.8. The first-order chi connectivity index (χ1) is 10.2. The van der Waals surface area contributed by atoms with E-state index in [1.807, 2.05) is 30.3 Å². The Morgan fingerprint density at radius 1 is 1.14 bits per heavy atom. The molecule has 0 fully saturated rings. The second-order valence-electron chi connectivity index (χ2n) is 4.93. The molecule has 4 heteroatoms. The Bertz CT molecular complexity index is 625. The van der Waals surface area contributed by atoms with Crippen LogP contribution in [-0.4, -0.2) is 12.5 Å². The van der Waals surface area contributed by atoms with Crippen molar-refractivity contribution in [3.05, 3.63) is 65.2 Å². The third kappa shape index (κ3) is 3.41. The number of carbonyl (C=O) groups is 1. The zero-order valence-electron chi connectivity index (χ0n) is 12.5. The van der Waals surface area contributed by atoms with E-state index in [9.17, 15) is 4.79 Å². The number of para-hydroxylation sites is 1. The molecule has 3 N–H and O–H groups in total. The first-order valence-electron chi connectivity index (χ1n) is 7.06. The second kappa shape index (κ2) is 6.90. The van der Waals surface area contributed by atoms with Gasteiger partial charge < -0.3 is 4.90 Å². The number of anilines is 1. The van der Waals surface area contributed by atoms with E-state index in [1.165, 1.54) is 11.3 Å². The molecule has 0 heterocycles. The average Bonchev–Trinajstić information content (AvgIpc) is 2.53. The largest absolute Gasteiger partial charge is 0.367 e. The summed E-state index contributed by atoms with van der Waals surface area (Å²) in [6.07, 6.45) is 0. The highest BCUT2D eigenvalue weighted by Gasteiger charge is 2.13. The van der Waals surface area contributed by atoms with E-state index in [0.717, 1.165) is 12.1 Å². The second-order valence-corrected chi connectivity index (χ2v) is 4.93. The van der Waals surface area contributed by atoms with Crippen LogP contribution in [0, 0.1) is 6.92 Å². The molecular weight excluding hydrogens is 262 g/mol. The van der Waals surface area contributed by atoms with E-state index in [0.29, 0.717) is 12.1 Å². The van der Waals surface area contributed by atoms with Crippen LogP contribution in [-0.2, 0) is 6.54 Å². The number of hydrogen-bond donors (Lipinski definition) is 2. The van der Waals surface area contributed by atoms with Crippen molar-refractivity contribution >= 4 is 11.6 Å². The number of nitrogens with one attached hydrogen (secondary N) is 1. The predicted octanol–water partition coefficient (Wildman–Crippen LogP) is 2.63. The zero-order valence-corrected chi connectivity index (χ0v) is 12.5. The van der Waals surface area contributed by atoms with E-state index < -0.39 is 0 Å². The topological polar surface area (TPSA) is 58.4 Å². The van der Waals surface area contributed by atoms with Crippen molar-refractivity contribution in [2.24, 2.45) is 5.84 Å². The smallest absolute Gasteiger partial charge is 0.265 e. The highest BCUT2D eigenvalue weighted by molar-refractivity contribution is 5.95. The molecule has 0 atom stereocenters. The molecule has 2 rings (SSSR count). The molecule has 0 spiro atoms. The Kier molecular flexibility index (Phi) is 4.95. The number of carbonyl (C=O) groups excluding carboxylic acids is 1. The minimum absolute atomic E-state index is 0.258. The van der Waals surface area contributed by atoms with Crippen LogP contribution in [0.15, 0.2) is 48.5 Å². The Labute approximate surface area is 125 Å². The Morgan fingerprint density at radius 2 is 1.81 bits per heavy atom. The van der Waals surface area contributed by atoms with Crippen LogP contribution in [0.3, 0.4) is 0 Å². The molecule has 0 saturated carbocycles. The number of rotatable bonds is 5. The summed E-state index contributed by atoms with van der Waals surface area (Å²) in [5.74, 6) is 5.00. The summed E-state index contributed by atoms with van der Waals surface area (Å²) in [5.41, 5.74) is 6.19. The van der Waals surface area contributed by atoms with Gasteiger partial charge in [-0.15, -0.1) is 0 Å². The predicted molar refractivity (Wildman–Crippen MR) is 86.0 cm³/mol. The molecular formula is C17H21N3O. The maximum Gasteiger partial charge on any atom is 0.265 e. The fourth-order valence-corrected chi connectivity index (χ4v) is 2.45. The molecule has 0 aliphatic heterocycles. The van der Waals surface area contributed by atoms with Gasteiger partial charge in [-0.05, 0) is 37.1 Å². The van der Waals surface area contributed by atoms with Gasteiger partial charge in [-0.3, -0.25) is 10.2 Å². The number of nitrogens with two attached hydrogens (primary N) is 1. The summed E-state index contributed by atoms with van der Waals surface area (Å²) >= 11 is 0. The summed E-state index contributed by atoms with van der Waals surface area (Å²) in [7, 11) is 0. The van der Waals surface area contributed by atoms with E-state index in [4.69, 9.17) is 5.84 Å². The number of hydrazine groups is 1. The first kappa shape index (κ1) is 15.1. The van der Waals surface area contributed by atoms with Crippen LogP contribution in [0.25, 0.3) is 0 Å². The SMILES string of the molecule is CCN(Cc1ccccc1C(=O)NN)c1ccccc1C. The van der Waals surface area contributed by atoms with Gasteiger partial charge in [-0.1, -0.05) is 36.4 Å². The number of hydrogen-bond acceptors (Lipinski definition) is 3. The van der Waals surface area contributed by atoms with Crippen molar-refractivity contribution in [2.75, 3.05) is 11.4 Å². The maximum absolute atomic E-state index is 11.9. The fraction of sp³-hybridized carbons (Fsp3) is 0.235. The van der Waals surface area contributed by atoms with E-state index in [-0.39, 0.29) is 5.91 Å². The van der Waals surface area contributed by atoms with E-state index >= 15 is 0 Å². The Balaban J connectivity index is 2.32. The van der Waals surface area contributed by atoms with Crippen molar-refractivity contribution in [3.8, 4) is 0 Å². The van der Waals surface area contributed by atoms with Crippen molar-refractivity contribution in [1.29, 1.82) is 0 Å². The number of aryl methyl sites for hydroxylation is 1. The normalized spacial score (nSPS) is 10.2. The van der Waals surface area contributed by atoms with Gasteiger partial charge in [-0.2, -0.15) is 0 Å². The van der Waals surface area contributed by atoms with Crippen molar-refractivity contribution < 1.29 is 4.79 Å². The average molecular weight is 283 g/mol. The first-order valence-corrected chi connectivity index (χ1v) is 7.06. The lowest BCUT2D eigenvalue weighted by atomic mass is 10.1. The molecule has 4 nitrogen and oxygen atoms in total. The standard InChI is InChI=1S/C17H21N3O/c1-3-20(16-11-7-4-8-13(16)2)12-14-9-5-6-10-15(14)17(21)19-18/h4-11H,3,12,18H2,1-2H3,(H,19,21). The van der Waals surface area contributed by atoms with Gasteiger partial charge in [0.2, 0.25) is 0 Å². The molecule has 0 bridgehead atoms. The summed E-state index contributed by atoms with van der Waals surface area (Å²) in [6.45, 7) is 5.74. The van der Waals surface area contributed by atoms with Gasteiger partial charge in [0.25, 0.3) is 5.91 Å². The minimum Gasteiger partial charge on any atom is -0.367 e. The lowest BCUT2D eigenvalue weighted by molar-refractivity contribution is 0.0952. The molecule has 21 heavy (non-hydrogen) atoms. The maximum atomic E-state index is 11.9. The number of amides is 1.